The van der Waals surface area contributed by atoms with Crippen LogP contribution in [0.2, 0.25) is 0 Å². The second-order valence-corrected chi connectivity index (χ2v) is 7.30. The normalized spacial score (nSPS) is 29.2. The molecular weight excluding hydrogens is 322 g/mol. The van der Waals surface area contributed by atoms with Crippen LogP contribution >= 0.6 is 12.4 Å². The number of hydrogen-bond donors (Lipinski definition) is 1. The van der Waals surface area contributed by atoms with Crippen molar-refractivity contribution in [3.63, 3.8) is 0 Å². The van der Waals surface area contributed by atoms with Gasteiger partial charge < -0.3 is 5.32 Å². The Morgan fingerprint density at radius 3 is 2.71 bits per heavy atom. The minimum atomic E-state index is 0. The monoisotopic (exact) mass is 343 g/mol. The van der Waals surface area contributed by atoms with Gasteiger partial charge in [-0.1, -0.05) is 18.2 Å². The van der Waals surface area contributed by atoms with Gasteiger partial charge >= 0.3 is 0 Å². The third kappa shape index (κ3) is 2.32. The molecule has 1 spiro atoms. The maximum Gasteiger partial charge on any atom is 0.253 e. The van der Waals surface area contributed by atoms with Crippen molar-refractivity contribution in [2.45, 2.75) is 37.3 Å². The van der Waals surface area contributed by atoms with E-state index in [9.17, 15) is 4.79 Å². The van der Waals surface area contributed by atoms with E-state index >= 15 is 0 Å². The Kier molecular flexibility index (Phi) is 3.77. The zero-order valence-electron chi connectivity index (χ0n) is 13.6. The molecule has 0 radical (unpaired) electrons. The van der Waals surface area contributed by atoms with Crippen LogP contribution in [0, 0.1) is 5.92 Å². The molecule has 0 unspecified atom stereocenters. The van der Waals surface area contributed by atoms with Crippen LogP contribution < -0.4 is 5.32 Å². The standard InChI is InChI=1S/C19H21N3O.ClH/c23-18(15-11-14-3-1-2-4-16(14)20-12-15)21-17-13-5-9-22(10-6-13)19(17)7-8-19;/h1-4,11-13,17H,5-10H2,(H,21,23);1H/t17-;/m1./s1. The third-order valence-electron chi connectivity index (χ3n) is 6.12. The molecule has 4 fully saturated rings. The lowest BCUT2D eigenvalue weighted by molar-refractivity contribution is -0.00145. The number of aromatic nitrogens is 1. The number of piperidine rings is 3. The van der Waals surface area contributed by atoms with Gasteiger partial charge in [-0.25, -0.2) is 0 Å². The summed E-state index contributed by atoms with van der Waals surface area (Å²) >= 11 is 0. The molecule has 126 valence electrons. The fourth-order valence-corrected chi connectivity index (χ4v) is 4.74. The molecule has 4 aliphatic rings. The minimum Gasteiger partial charge on any atom is -0.347 e. The average molecular weight is 344 g/mol. The fraction of sp³-hybridized carbons (Fsp3) is 0.474. The lowest BCUT2D eigenvalue weighted by Crippen LogP contribution is -2.65. The van der Waals surface area contributed by atoms with Crippen molar-refractivity contribution in [3.05, 3.63) is 42.1 Å². The lowest BCUT2D eigenvalue weighted by Gasteiger charge is -2.52. The number of rotatable bonds is 2. The van der Waals surface area contributed by atoms with Gasteiger partial charge in [0.15, 0.2) is 0 Å². The molecular formula is C19H22ClN3O. The van der Waals surface area contributed by atoms with Crippen LogP contribution in [-0.2, 0) is 0 Å². The SMILES string of the molecule is Cl.O=C(N[C@@H]1C2CCN(CC2)C12CC2)c1cnc2ccccc2c1. The van der Waals surface area contributed by atoms with Crippen LogP contribution in [0.25, 0.3) is 10.9 Å². The van der Waals surface area contributed by atoms with E-state index in [0.29, 0.717) is 17.5 Å². The highest BCUT2D eigenvalue weighted by Gasteiger charge is 2.60. The van der Waals surface area contributed by atoms with Crippen molar-refractivity contribution < 1.29 is 4.79 Å². The summed E-state index contributed by atoms with van der Waals surface area (Å²) < 4.78 is 0. The fourth-order valence-electron chi connectivity index (χ4n) is 4.74. The van der Waals surface area contributed by atoms with Gasteiger partial charge in [0.25, 0.3) is 5.91 Å². The van der Waals surface area contributed by atoms with Crippen molar-refractivity contribution in [1.82, 2.24) is 15.2 Å². The zero-order valence-corrected chi connectivity index (χ0v) is 14.4. The Hall–Kier alpha value is -1.65. The van der Waals surface area contributed by atoms with Crippen LogP contribution in [0.3, 0.4) is 0 Å². The largest absolute Gasteiger partial charge is 0.347 e. The van der Waals surface area contributed by atoms with Gasteiger partial charge in [0.2, 0.25) is 0 Å². The van der Waals surface area contributed by atoms with E-state index in [1.807, 2.05) is 30.3 Å². The number of carbonyl (C=O) groups is 1. The number of nitrogens with zero attached hydrogens (tertiary/aromatic N) is 2. The first-order valence-electron chi connectivity index (χ1n) is 8.67. The number of halogens is 1. The van der Waals surface area contributed by atoms with Crippen molar-refractivity contribution in [1.29, 1.82) is 0 Å². The summed E-state index contributed by atoms with van der Waals surface area (Å²) in [6.07, 6.45) is 6.64. The quantitative estimate of drug-likeness (QED) is 0.911. The van der Waals surface area contributed by atoms with E-state index in [-0.39, 0.29) is 23.9 Å². The van der Waals surface area contributed by atoms with E-state index in [4.69, 9.17) is 0 Å². The van der Waals surface area contributed by atoms with E-state index in [1.165, 1.54) is 38.8 Å². The predicted octanol–water partition coefficient (Wildman–Crippen LogP) is 3.01. The average Bonchev–Trinajstić information content (AvgIpc) is 3.39. The first kappa shape index (κ1) is 15.9. The van der Waals surface area contributed by atoms with Gasteiger partial charge in [-0.2, -0.15) is 0 Å². The first-order chi connectivity index (χ1) is 11.3. The molecule has 1 aliphatic carbocycles. The van der Waals surface area contributed by atoms with Crippen LogP contribution in [-0.4, -0.2) is 40.5 Å². The molecule has 1 aromatic heterocycles. The molecule has 1 atom stereocenters. The first-order valence-corrected chi connectivity index (χ1v) is 8.67. The number of hydrogen-bond acceptors (Lipinski definition) is 3. The number of amides is 1. The van der Waals surface area contributed by atoms with Gasteiger partial charge in [-0.3, -0.25) is 14.7 Å². The molecule has 2 bridgehead atoms. The Bertz CT molecular complexity index is 781. The van der Waals surface area contributed by atoms with Gasteiger partial charge in [0.1, 0.15) is 0 Å². The van der Waals surface area contributed by atoms with Gasteiger partial charge in [0.05, 0.1) is 17.1 Å². The summed E-state index contributed by atoms with van der Waals surface area (Å²) in [4.78, 5) is 19.8. The van der Waals surface area contributed by atoms with Crippen molar-refractivity contribution >= 4 is 29.2 Å². The Morgan fingerprint density at radius 1 is 1.21 bits per heavy atom. The van der Waals surface area contributed by atoms with Gasteiger partial charge in [-0.15, -0.1) is 12.4 Å². The summed E-state index contributed by atoms with van der Waals surface area (Å²) in [6.45, 7) is 2.43. The van der Waals surface area contributed by atoms with Crippen LogP contribution in [0.1, 0.15) is 36.0 Å². The Morgan fingerprint density at radius 2 is 1.96 bits per heavy atom. The second-order valence-electron chi connectivity index (χ2n) is 7.30. The highest BCUT2D eigenvalue weighted by atomic mass is 35.5. The molecule has 4 heterocycles. The van der Waals surface area contributed by atoms with Crippen molar-refractivity contribution in [2.24, 2.45) is 5.92 Å². The van der Waals surface area contributed by atoms with Gasteiger partial charge in [-0.05, 0) is 56.8 Å². The number of nitrogens with one attached hydrogen (secondary N) is 1. The topological polar surface area (TPSA) is 45.2 Å². The molecule has 1 amide bonds. The molecule has 3 saturated heterocycles. The predicted molar refractivity (Wildman–Crippen MR) is 96.5 cm³/mol. The van der Waals surface area contributed by atoms with Crippen LogP contribution in [0.5, 0.6) is 0 Å². The maximum absolute atomic E-state index is 12.8. The molecule has 2 aromatic rings. The number of benzene rings is 1. The highest BCUT2D eigenvalue weighted by Crippen LogP contribution is 2.53. The maximum atomic E-state index is 12.8. The Balaban J connectivity index is 0.00000146. The smallest absolute Gasteiger partial charge is 0.253 e. The lowest BCUT2D eigenvalue weighted by atomic mass is 9.77. The zero-order chi connectivity index (χ0) is 15.4. The van der Waals surface area contributed by atoms with E-state index in [2.05, 4.69) is 15.2 Å². The molecule has 6 rings (SSSR count). The number of fused-ring (bicyclic) bond motifs is 3. The summed E-state index contributed by atoms with van der Waals surface area (Å²) in [6, 6.07) is 10.2. The van der Waals surface area contributed by atoms with E-state index < -0.39 is 0 Å². The van der Waals surface area contributed by atoms with Crippen LogP contribution in [0.15, 0.2) is 36.5 Å². The van der Waals surface area contributed by atoms with Crippen LogP contribution in [0.4, 0.5) is 0 Å². The second kappa shape index (κ2) is 5.71. The molecule has 1 N–H and O–H groups in total. The van der Waals surface area contributed by atoms with E-state index in [0.717, 1.165) is 10.9 Å². The minimum absolute atomic E-state index is 0. The Labute approximate surface area is 148 Å². The number of para-hydroxylation sites is 1. The summed E-state index contributed by atoms with van der Waals surface area (Å²) in [7, 11) is 0. The number of pyridine rings is 1. The third-order valence-corrected chi connectivity index (χ3v) is 6.12. The summed E-state index contributed by atoms with van der Waals surface area (Å²) in [5, 5.41) is 4.39. The molecule has 1 saturated carbocycles. The number of carbonyl (C=O) groups excluding carboxylic acids is 1. The molecule has 1 aromatic carbocycles. The molecule has 24 heavy (non-hydrogen) atoms. The molecule has 3 aliphatic heterocycles. The van der Waals surface area contributed by atoms with Crippen molar-refractivity contribution in [3.8, 4) is 0 Å². The van der Waals surface area contributed by atoms with Crippen molar-refractivity contribution in [2.75, 3.05) is 13.1 Å². The molecule has 4 nitrogen and oxygen atoms in total. The van der Waals surface area contributed by atoms with E-state index in [1.54, 1.807) is 6.20 Å². The summed E-state index contributed by atoms with van der Waals surface area (Å²) in [5.41, 5.74) is 1.89. The van der Waals surface area contributed by atoms with Gasteiger partial charge in [0, 0.05) is 17.1 Å². The highest BCUT2D eigenvalue weighted by molar-refractivity contribution is 5.97. The summed E-state index contributed by atoms with van der Waals surface area (Å²) in [5.74, 6) is 0.688. The molecule has 5 heteroatoms.